The molecule has 12 nitrogen and oxygen atoms in total. The smallest absolute Gasteiger partial charge is 0.208 e. The molecule has 38 heavy (non-hydrogen) atoms. The van der Waals surface area contributed by atoms with E-state index < -0.39 is 73.9 Å². The number of ketones is 1. The van der Waals surface area contributed by atoms with E-state index in [-0.39, 0.29) is 22.8 Å². The lowest BCUT2D eigenvalue weighted by Crippen LogP contribution is -2.62. The summed E-state index contributed by atoms with van der Waals surface area (Å²) in [7, 11) is 0. The summed E-state index contributed by atoms with van der Waals surface area (Å²) in [5, 5.41) is 80.3. The van der Waals surface area contributed by atoms with E-state index in [0.29, 0.717) is 5.56 Å². The Morgan fingerprint density at radius 1 is 1.05 bits per heavy atom. The van der Waals surface area contributed by atoms with Crippen molar-refractivity contribution in [2.24, 2.45) is 5.92 Å². The molecule has 8 atom stereocenters. The summed E-state index contributed by atoms with van der Waals surface area (Å²) in [6.45, 7) is -1.86. The predicted octanol–water partition coefficient (Wildman–Crippen LogP) is -1.09. The van der Waals surface area contributed by atoms with Gasteiger partial charge in [-0.25, -0.2) is 0 Å². The first-order chi connectivity index (χ1) is 18.1. The molecule has 2 aliphatic rings. The zero-order chi connectivity index (χ0) is 27.6. The molecule has 0 spiro atoms. The summed E-state index contributed by atoms with van der Waals surface area (Å²) in [6.07, 6.45) is -5.80. The van der Waals surface area contributed by atoms with Gasteiger partial charge in [0.2, 0.25) is 6.29 Å². The predicted molar refractivity (Wildman–Crippen MR) is 129 cm³/mol. The van der Waals surface area contributed by atoms with Crippen molar-refractivity contribution in [1.29, 1.82) is 0 Å². The lowest BCUT2D eigenvalue weighted by Gasteiger charge is -2.44. The number of phenols is 2. The van der Waals surface area contributed by atoms with E-state index in [1.54, 1.807) is 12.1 Å². The molecule has 2 aliphatic heterocycles. The van der Waals surface area contributed by atoms with Gasteiger partial charge in [0.1, 0.15) is 41.2 Å². The van der Waals surface area contributed by atoms with Crippen LogP contribution in [0, 0.1) is 5.92 Å². The lowest BCUT2D eigenvalue weighted by atomic mass is 9.82. The van der Waals surface area contributed by atoms with Crippen molar-refractivity contribution in [2.75, 3.05) is 19.8 Å². The Labute approximate surface area is 217 Å². The number of aliphatic hydroxyl groups is 6. The number of allylic oxidation sites excluding steroid dienone is 1. The summed E-state index contributed by atoms with van der Waals surface area (Å²) in [5.41, 5.74) is -1.37. The Kier molecular flexibility index (Phi) is 8.35. The molecule has 0 bridgehead atoms. The van der Waals surface area contributed by atoms with Crippen LogP contribution in [0.1, 0.15) is 15.9 Å². The summed E-state index contributed by atoms with van der Waals surface area (Å²) in [6, 6.07) is 9.91. The Morgan fingerprint density at radius 2 is 1.76 bits per heavy atom. The van der Waals surface area contributed by atoms with Crippen molar-refractivity contribution in [3.63, 3.8) is 0 Å². The number of rotatable bonds is 8. The van der Waals surface area contributed by atoms with Gasteiger partial charge in [0.15, 0.2) is 5.78 Å². The van der Waals surface area contributed by atoms with E-state index in [4.69, 9.17) is 14.2 Å². The molecular weight excluding hydrogens is 504 g/mol. The van der Waals surface area contributed by atoms with Crippen LogP contribution in [0.3, 0.4) is 0 Å². The highest BCUT2D eigenvalue weighted by molar-refractivity contribution is 6.08. The average Bonchev–Trinajstić information content (AvgIpc) is 3.20. The Balaban J connectivity index is 1.50. The highest BCUT2D eigenvalue weighted by Gasteiger charge is 2.58. The van der Waals surface area contributed by atoms with Gasteiger partial charge in [-0.3, -0.25) is 4.79 Å². The second-order valence-corrected chi connectivity index (χ2v) is 9.35. The Morgan fingerprint density at radius 3 is 2.37 bits per heavy atom. The van der Waals surface area contributed by atoms with Crippen molar-refractivity contribution < 1.29 is 59.9 Å². The first-order valence-electron chi connectivity index (χ1n) is 11.8. The van der Waals surface area contributed by atoms with Crippen LogP contribution < -0.4 is 4.74 Å². The molecular formula is C26H30O12. The van der Waals surface area contributed by atoms with Crippen LogP contribution >= 0.6 is 0 Å². The molecule has 4 rings (SSSR count). The standard InChI is InChI=1S/C26H30O12/c27-10-19-21(32)22(33)20(23-24(34)26(35,11-28)12-36-23)25(38-19)37-15-5-1-13(2-6-15)3-8-17(30)16-7-4-14(29)9-18(16)31/h1-9,19-25,27-29,31-35H,10-12H2/b8-3+/t19-,20?,21-,22-,23+,24+,25-,26-/m1/s1. The SMILES string of the molecule is O=C(/C=C/c1ccc(O[C@@H]2O[C@H](CO)[C@@H](O)[C@H](O)C2[C@@H]2OC[C@](O)(CO)[C@H]2O)cc1)c1ccc(O)cc1O. The number of carbonyl (C=O) groups excluding carboxylic acids is 1. The van der Waals surface area contributed by atoms with Crippen LogP contribution in [0.5, 0.6) is 17.2 Å². The molecule has 8 N–H and O–H groups in total. The fourth-order valence-electron chi connectivity index (χ4n) is 4.52. The number of ether oxygens (including phenoxy) is 3. The molecule has 12 heteroatoms. The van der Waals surface area contributed by atoms with Crippen LogP contribution in [-0.4, -0.2) is 109 Å². The number of benzene rings is 2. The number of aliphatic hydroxyl groups excluding tert-OH is 5. The largest absolute Gasteiger partial charge is 0.508 e. The minimum absolute atomic E-state index is 0.0168. The zero-order valence-corrected chi connectivity index (χ0v) is 20.1. The van der Waals surface area contributed by atoms with Crippen molar-refractivity contribution >= 4 is 11.9 Å². The maximum atomic E-state index is 12.4. The van der Waals surface area contributed by atoms with Gasteiger partial charge in [0.05, 0.1) is 43.5 Å². The molecule has 0 radical (unpaired) electrons. The van der Waals surface area contributed by atoms with E-state index in [2.05, 4.69) is 0 Å². The zero-order valence-electron chi connectivity index (χ0n) is 20.1. The third kappa shape index (κ3) is 5.53. The molecule has 206 valence electrons. The lowest BCUT2D eigenvalue weighted by molar-refractivity contribution is -0.281. The Hall–Kier alpha value is -3.07. The second kappa shape index (κ2) is 11.4. The monoisotopic (exact) mass is 534 g/mol. The molecule has 0 amide bonds. The molecule has 1 unspecified atom stereocenters. The number of aromatic hydroxyl groups is 2. The van der Waals surface area contributed by atoms with E-state index in [1.165, 1.54) is 36.4 Å². The van der Waals surface area contributed by atoms with Gasteiger partial charge in [-0.05, 0) is 35.9 Å². The van der Waals surface area contributed by atoms with Gasteiger partial charge in [0.25, 0.3) is 0 Å². The first-order valence-corrected chi connectivity index (χ1v) is 11.8. The average molecular weight is 535 g/mol. The molecule has 0 aliphatic carbocycles. The van der Waals surface area contributed by atoms with Gasteiger partial charge in [-0.1, -0.05) is 18.2 Å². The minimum Gasteiger partial charge on any atom is -0.508 e. The number of hydrogen-bond donors (Lipinski definition) is 8. The second-order valence-electron chi connectivity index (χ2n) is 9.35. The van der Waals surface area contributed by atoms with Crippen LogP contribution in [0.15, 0.2) is 48.5 Å². The maximum absolute atomic E-state index is 12.4. The van der Waals surface area contributed by atoms with Crippen LogP contribution in [-0.2, 0) is 9.47 Å². The van der Waals surface area contributed by atoms with E-state index in [0.717, 1.165) is 6.07 Å². The summed E-state index contributed by atoms with van der Waals surface area (Å²) in [5.74, 6) is -1.98. The van der Waals surface area contributed by atoms with Crippen molar-refractivity contribution in [2.45, 2.75) is 42.4 Å². The van der Waals surface area contributed by atoms with Crippen LogP contribution in [0.25, 0.3) is 6.08 Å². The van der Waals surface area contributed by atoms with Gasteiger partial charge < -0.3 is 55.1 Å². The van der Waals surface area contributed by atoms with Gasteiger partial charge in [0, 0.05) is 6.07 Å². The fraction of sp³-hybridized carbons (Fsp3) is 0.423. The van der Waals surface area contributed by atoms with Gasteiger partial charge in [-0.2, -0.15) is 0 Å². The van der Waals surface area contributed by atoms with Crippen LogP contribution in [0.4, 0.5) is 0 Å². The van der Waals surface area contributed by atoms with E-state index >= 15 is 0 Å². The highest BCUT2D eigenvalue weighted by atomic mass is 16.7. The third-order valence-corrected chi connectivity index (χ3v) is 6.78. The summed E-state index contributed by atoms with van der Waals surface area (Å²) < 4.78 is 17.0. The van der Waals surface area contributed by atoms with Gasteiger partial charge in [-0.15, -0.1) is 0 Å². The van der Waals surface area contributed by atoms with Crippen LogP contribution in [0.2, 0.25) is 0 Å². The van der Waals surface area contributed by atoms with Crippen molar-refractivity contribution in [3.05, 3.63) is 59.7 Å². The normalized spacial score (nSPS) is 33.5. The fourth-order valence-corrected chi connectivity index (χ4v) is 4.52. The highest BCUT2D eigenvalue weighted by Crippen LogP contribution is 2.38. The van der Waals surface area contributed by atoms with Crippen molar-refractivity contribution in [3.8, 4) is 17.2 Å². The quantitative estimate of drug-likeness (QED) is 0.150. The topological polar surface area (TPSA) is 207 Å². The molecule has 2 heterocycles. The first kappa shape index (κ1) is 28.0. The Bertz CT molecular complexity index is 1150. The molecule has 2 saturated heterocycles. The number of phenolic OH excluding ortho intramolecular Hbond substituents is 2. The van der Waals surface area contributed by atoms with E-state index in [1.807, 2.05) is 0 Å². The molecule has 2 aromatic rings. The third-order valence-electron chi connectivity index (χ3n) is 6.78. The molecule has 2 aromatic carbocycles. The number of hydrogen-bond acceptors (Lipinski definition) is 12. The number of carbonyl (C=O) groups is 1. The minimum atomic E-state index is -1.98. The summed E-state index contributed by atoms with van der Waals surface area (Å²) in [4.78, 5) is 12.4. The molecule has 0 saturated carbocycles. The van der Waals surface area contributed by atoms with Gasteiger partial charge >= 0.3 is 0 Å². The molecule has 2 fully saturated rings. The molecule has 0 aromatic heterocycles. The van der Waals surface area contributed by atoms with Crippen molar-refractivity contribution in [1.82, 2.24) is 0 Å². The summed E-state index contributed by atoms with van der Waals surface area (Å²) >= 11 is 0. The maximum Gasteiger partial charge on any atom is 0.208 e. The van der Waals surface area contributed by atoms with E-state index in [9.17, 15) is 45.6 Å².